The molecule has 6 nitrogen and oxygen atoms in total. The number of rotatable bonds is 7. The summed E-state index contributed by atoms with van der Waals surface area (Å²) in [6.45, 7) is 0.404. The molecule has 0 radical (unpaired) electrons. The van der Waals surface area contributed by atoms with Crippen molar-refractivity contribution in [1.29, 1.82) is 0 Å². The van der Waals surface area contributed by atoms with Crippen LogP contribution in [0.4, 0.5) is 5.69 Å². The SMILES string of the molecule is COC(=O)Cc1cc(OCCCO)c(OC)cc1N. The number of nitrogen functional groups attached to an aromatic ring is 1. The number of esters is 1. The van der Waals surface area contributed by atoms with Gasteiger partial charge in [-0.15, -0.1) is 0 Å². The fourth-order valence-corrected chi connectivity index (χ4v) is 1.52. The molecule has 6 heteroatoms. The zero-order valence-corrected chi connectivity index (χ0v) is 11.1. The number of ether oxygens (including phenoxy) is 3. The Bertz CT molecular complexity index is 433. The van der Waals surface area contributed by atoms with Crippen molar-refractivity contribution in [3.05, 3.63) is 17.7 Å². The number of hydrogen-bond donors (Lipinski definition) is 2. The average Bonchev–Trinajstić information content (AvgIpc) is 2.41. The maximum absolute atomic E-state index is 11.3. The number of carbonyl (C=O) groups excluding carboxylic acids is 1. The van der Waals surface area contributed by atoms with Gasteiger partial charge in [-0.3, -0.25) is 4.79 Å². The van der Waals surface area contributed by atoms with E-state index in [-0.39, 0.29) is 19.0 Å². The van der Waals surface area contributed by atoms with Crippen LogP contribution in [0.25, 0.3) is 0 Å². The molecule has 0 atom stereocenters. The van der Waals surface area contributed by atoms with Gasteiger partial charge in [0.25, 0.3) is 0 Å². The second kappa shape index (κ2) is 7.48. The van der Waals surface area contributed by atoms with E-state index in [0.717, 1.165) is 0 Å². The van der Waals surface area contributed by atoms with Gasteiger partial charge in [0.2, 0.25) is 0 Å². The van der Waals surface area contributed by atoms with Crippen LogP contribution in [0.2, 0.25) is 0 Å². The molecule has 0 aliphatic rings. The van der Waals surface area contributed by atoms with Crippen molar-refractivity contribution in [3.8, 4) is 11.5 Å². The molecule has 0 bridgehead atoms. The number of aliphatic hydroxyl groups excluding tert-OH is 1. The molecule has 0 heterocycles. The normalized spacial score (nSPS) is 10.1. The van der Waals surface area contributed by atoms with Gasteiger partial charge in [0.1, 0.15) is 0 Å². The third kappa shape index (κ3) is 4.33. The van der Waals surface area contributed by atoms with Crippen LogP contribution in [-0.4, -0.2) is 38.5 Å². The lowest BCUT2D eigenvalue weighted by Gasteiger charge is -2.13. The van der Waals surface area contributed by atoms with Gasteiger partial charge in [-0.25, -0.2) is 0 Å². The summed E-state index contributed by atoms with van der Waals surface area (Å²) in [5, 5.41) is 8.73. The summed E-state index contributed by atoms with van der Waals surface area (Å²) >= 11 is 0. The number of carbonyl (C=O) groups is 1. The number of anilines is 1. The molecular formula is C13H19NO5. The smallest absolute Gasteiger partial charge is 0.310 e. The molecule has 106 valence electrons. The van der Waals surface area contributed by atoms with Crippen molar-refractivity contribution in [2.24, 2.45) is 0 Å². The van der Waals surface area contributed by atoms with Crippen molar-refractivity contribution in [3.63, 3.8) is 0 Å². The van der Waals surface area contributed by atoms with Crippen LogP contribution in [0.5, 0.6) is 11.5 Å². The highest BCUT2D eigenvalue weighted by Gasteiger charge is 2.13. The first kappa shape index (κ1) is 15.1. The van der Waals surface area contributed by atoms with E-state index in [4.69, 9.17) is 20.3 Å². The standard InChI is InChI=1S/C13H19NO5/c1-17-11-8-10(14)9(7-13(16)18-2)6-12(11)19-5-3-4-15/h6,8,15H,3-5,7,14H2,1-2H3. The molecule has 0 aliphatic heterocycles. The van der Waals surface area contributed by atoms with Gasteiger partial charge >= 0.3 is 5.97 Å². The molecular weight excluding hydrogens is 250 g/mol. The quantitative estimate of drug-likeness (QED) is 0.431. The molecule has 0 aliphatic carbocycles. The van der Waals surface area contributed by atoms with Gasteiger partial charge in [-0.2, -0.15) is 0 Å². The second-order valence-corrected chi connectivity index (χ2v) is 3.88. The summed E-state index contributed by atoms with van der Waals surface area (Å²) in [6.07, 6.45) is 0.586. The van der Waals surface area contributed by atoms with Crippen LogP contribution >= 0.6 is 0 Å². The topological polar surface area (TPSA) is 91.0 Å². The minimum absolute atomic E-state index is 0.0479. The predicted molar refractivity (Wildman–Crippen MR) is 70.3 cm³/mol. The molecule has 0 saturated heterocycles. The lowest BCUT2D eigenvalue weighted by molar-refractivity contribution is -0.139. The van der Waals surface area contributed by atoms with Gasteiger partial charge in [0.05, 0.1) is 27.2 Å². The van der Waals surface area contributed by atoms with Crippen molar-refractivity contribution >= 4 is 11.7 Å². The molecule has 1 aromatic rings. The van der Waals surface area contributed by atoms with E-state index >= 15 is 0 Å². The number of hydrogen-bond acceptors (Lipinski definition) is 6. The van der Waals surface area contributed by atoms with Gasteiger partial charge in [0.15, 0.2) is 11.5 Å². The summed E-state index contributed by atoms with van der Waals surface area (Å²) < 4.78 is 15.3. The summed E-state index contributed by atoms with van der Waals surface area (Å²) in [6, 6.07) is 3.26. The molecule has 0 unspecified atom stereocenters. The molecule has 0 spiro atoms. The van der Waals surface area contributed by atoms with Crippen LogP contribution in [-0.2, 0) is 16.0 Å². The molecule has 0 saturated carbocycles. The fourth-order valence-electron chi connectivity index (χ4n) is 1.52. The number of benzene rings is 1. The highest BCUT2D eigenvalue weighted by molar-refractivity contribution is 5.75. The first-order valence-corrected chi connectivity index (χ1v) is 5.89. The van der Waals surface area contributed by atoms with Crippen molar-refractivity contribution in [1.82, 2.24) is 0 Å². The van der Waals surface area contributed by atoms with Crippen molar-refractivity contribution in [2.75, 3.05) is 33.2 Å². The van der Waals surface area contributed by atoms with E-state index in [1.165, 1.54) is 14.2 Å². The third-order valence-electron chi connectivity index (χ3n) is 2.55. The first-order valence-electron chi connectivity index (χ1n) is 5.89. The van der Waals surface area contributed by atoms with E-state index in [9.17, 15) is 4.79 Å². The Morgan fingerprint density at radius 3 is 2.63 bits per heavy atom. The average molecular weight is 269 g/mol. The molecule has 0 amide bonds. The Morgan fingerprint density at radius 2 is 2.05 bits per heavy atom. The summed E-state index contributed by atoms with van der Waals surface area (Å²) in [5.41, 5.74) is 6.90. The van der Waals surface area contributed by atoms with Gasteiger partial charge in [-0.05, 0) is 11.6 Å². The van der Waals surface area contributed by atoms with E-state index in [1.54, 1.807) is 12.1 Å². The monoisotopic (exact) mass is 269 g/mol. The van der Waals surface area contributed by atoms with Crippen molar-refractivity contribution < 1.29 is 24.1 Å². The van der Waals surface area contributed by atoms with Crippen molar-refractivity contribution in [2.45, 2.75) is 12.8 Å². The molecule has 0 aromatic heterocycles. The second-order valence-electron chi connectivity index (χ2n) is 3.88. The number of methoxy groups -OCH3 is 2. The van der Waals surface area contributed by atoms with Gasteiger partial charge in [0, 0.05) is 24.8 Å². The largest absolute Gasteiger partial charge is 0.493 e. The highest BCUT2D eigenvalue weighted by Crippen LogP contribution is 2.32. The van der Waals surface area contributed by atoms with E-state index in [0.29, 0.717) is 35.8 Å². The van der Waals surface area contributed by atoms with Crippen LogP contribution < -0.4 is 15.2 Å². The van der Waals surface area contributed by atoms with E-state index in [2.05, 4.69) is 4.74 Å². The maximum atomic E-state index is 11.3. The zero-order chi connectivity index (χ0) is 14.3. The maximum Gasteiger partial charge on any atom is 0.310 e. The predicted octanol–water partition coefficient (Wildman–Crippen LogP) is 0.754. The summed E-state index contributed by atoms with van der Waals surface area (Å²) in [4.78, 5) is 11.3. The Labute approximate surface area is 112 Å². The lowest BCUT2D eigenvalue weighted by Crippen LogP contribution is -2.08. The number of aliphatic hydroxyl groups is 1. The summed E-state index contributed by atoms with van der Waals surface area (Å²) in [5.74, 6) is 0.603. The zero-order valence-electron chi connectivity index (χ0n) is 11.1. The Kier molecular flexibility index (Phi) is 5.95. The number of nitrogens with two attached hydrogens (primary N) is 1. The molecule has 1 aromatic carbocycles. The lowest BCUT2D eigenvalue weighted by atomic mass is 10.1. The minimum atomic E-state index is -0.377. The Balaban J connectivity index is 2.93. The molecule has 19 heavy (non-hydrogen) atoms. The minimum Gasteiger partial charge on any atom is -0.493 e. The van der Waals surface area contributed by atoms with Crippen LogP contribution in [0.15, 0.2) is 12.1 Å². The first-order chi connectivity index (χ1) is 9.12. The third-order valence-corrected chi connectivity index (χ3v) is 2.55. The van der Waals surface area contributed by atoms with E-state index < -0.39 is 0 Å². The highest BCUT2D eigenvalue weighted by atomic mass is 16.5. The Hall–Kier alpha value is -1.95. The fraction of sp³-hybridized carbons (Fsp3) is 0.462. The van der Waals surface area contributed by atoms with Crippen LogP contribution in [0, 0.1) is 0 Å². The summed E-state index contributed by atoms with van der Waals surface area (Å²) in [7, 11) is 2.83. The van der Waals surface area contributed by atoms with Gasteiger partial charge < -0.3 is 25.1 Å². The van der Waals surface area contributed by atoms with Crippen LogP contribution in [0.1, 0.15) is 12.0 Å². The Morgan fingerprint density at radius 1 is 1.32 bits per heavy atom. The van der Waals surface area contributed by atoms with Gasteiger partial charge in [-0.1, -0.05) is 0 Å². The molecule has 1 rings (SSSR count). The van der Waals surface area contributed by atoms with Crippen LogP contribution in [0.3, 0.4) is 0 Å². The van der Waals surface area contributed by atoms with E-state index in [1.807, 2.05) is 0 Å². The molecule has 0 fully saturated rings. The molecule has 3 N–H and O–H groups in total.